The van der Waals surface area contributed by atoms with Gasteiger partial charge in [-0.25, -0.2) is 9.97 Å². The minimum absolute atomic E-state index is 0.464. The molecule has 2 aromatic rings. The summed E-state index contributed by atoms with van der Waals surface area (Å²) in [6, 6.07) is 0. The van der Waals surface area contributed by atoms with E-state index in [2.05, 4.69) is 21.4 Å². The van der Waals surface area contributed by atoms with E-state index in [-0.39, 0.29) is 0 Å². The number of hydrogen-bond donors (Lipinski definition) is 1. The molecule has 0 aromatic carbocycles. The number of aromatic nitrogens is 2. The van der Waals surface area contributed by atoms with Gasteiger partial charge in [-0.1, -0.05) is 17.4 Å². The highest BCUT2D eigenvalue weighted by Crippen LogP contribution is 2.37. The highest BCUT2D eigenvalue weighted by atomic mass is 32.1. The van der Waals surface area contributed by atoms with Gasteiger partial charge in [-0.05, 0) is 12.0 Å². The largest absolute Gasteiger partial charge is 0.479 e. The highest BCUT2D eigenvalue weighted by Gasteiger charge is 2.17. The van der Waals surface area contributed by atoms with Gasteiger partial charge in [0.2, 0.25) is 12.3 Å². The van der Waals surface area contributed by atoms with Crippen molar-refractivity contribution >= 4 is 38.7 Å². The van der Waals surface area contributed by atoms with Crippen LogP contribution >= 0.6 is 11.3 Å². The Bertz CT molecular complexity index is 681. The maximum absolute atomic E-state index is 10.6. The Morgan fingerprint density at radius 1 is 1.55 bits per heavy atom. The Hall–Kier alpha value is -1.99. The SMILES string of the molecule is COc1ncc(C2=CCOCC2)c2sc(NC=O)nc12. The number of carbonyl (C=O) groups is 1. The minimum atomic E-state index is 0.464. The van der Waals surface area contributed by atoms with Crippen LogP contribution in [0.2, 0.25) is 0 Å². The Morgan fingerprint density at radius 2 is 2.45 bits per heavy atom. The van der Waals surface area contributed by atoms with Crippen LogP contribution in [-0.2, 0) is 9.53 Å². The van der Waals surface area contributed by atoms with Gasteiger partial charge in [0.15, 0.2) is 5.13 Å². The van der Waals surface area contributed by atoms with Crippen LogP contribution in [0, 0.1) is 0 Å². The Labute approximate surface area is 119 Å². The van der Waals surface area contributed by atoms with Gasteiger partial charge in [-0.2, -0.15) is 0 Å². The lowest BCUT2D eigenvalue weighted by Gasteiger charge is -2.14. The van der Waals surface area contributed by atoms with Crippen LogP contribution in [-0.4, -0.2) is 36.7 Å². The predicted octanol–water partition coefficient (Wildman–Crippen LogP) is 2.07. The number of nitrogens with one attached hydrogen (secondary N) is 1. The van der Waals surface area contributed by atoms with Crippen molar-refractivity contribution in [2.24, 2.45) is 0 Å². The number of amides is 1. The Morgan fingerprint density at radius 3 is 3.15 bits per heavy atom. The summed E-state index contributed by atoms with van der Waals surface area (Å²) in [6.07, 6.45) is 5.31. The number of pyridine rings is 1. The summed E-state index contributed by atoms with van der Waals surface area (Å²) < 4.78 is 11.5. The van der Waals surface area contributed by atoms with Gasteiger partial charge in [0.25, 0.3) is 0 Å². The van der Waals surface area contributed by atoms with Crippen molar-refractivity contribution in [2.45, 2.75) is 6.42 Å². The first kappa shape index (κ1) is 13.0. The number of thiazole rings is 1. The van der Waals surface area contributed by atoms with Crippen molar-refractivity contribution in [2.75, 3.05) is 25.6 Å². The zero-order valence-corrected chi connectivity index (χ0v) is 11.7. The molecule has 0 saturated heterocycles. The van der Waals surface area contributed by atoms with Crippen LogP contribution in [0.1, 0.15) is 12.0 Å². The first-order valence-corrected chi connectivity index (χ1v) is 6.96. The highest BCUT2D eigenvalue weighted by molar-refractivity contribution is 7.22. The fourth-order valence-corrected chi connectivity index (χ4v) is 3.11. The average molecular weight is 291 g/mol. The smallest absolute Gasteiger partial charge is 0.241 e. The third kappa shape index (κ3) is 2.25. The van der Waals surface area contributed by atoms with Crippen LogP contribution in [0.15, 0.2) is 12.3 Å². The molecule has 0 unspecified atom stereocenters. The van der Waals surface area contributed by atoms with E-state index in [1.807, 2.05) is 0 Å². The molecule has 0 bridgehead atoms. The summed E-state index contributed by atoms with van der Waals surface area (Å²) in [5.41, 5.74) is 2.89. The van der Waals surface area contributed by atoms with Gasteiger partial charge in [0.1, 0.15) is 5.52 Å². The number of hydrogen-bond acceptors (Lipinski definition) is 6. The van der Waals surface area contributed by atoms with Crippen molar-refractivity contribution in [1.29, 1.82) is 0 Å². The molecule has 0 fully saturated rings. The molecule has 104 valence electrons. The molecule has 2 aromatic heterocycles. The van der Waals surface area contributed by atoms with E-state index in [0.717, 1.165) is 16.7 Å². The molecule has 3 heterocycles. The number of ether oxygens (including phenoxy) is 2. The third-order valence-electron chi connectivity index (χ3n) is 3.07. The number of rotatable bonds is 4. The second kappa shape index (κ2) is 5.56. The number of anilines is 1. The van der Waals surface area contributed by atoms with Crippen molar-refractivity contribution in [3.05, 3.63) is 17.8 Å². The zero-order valence-electron chi connectivity index (χ0n) is 10.9. The van der Waals surface area contributed by atoms with Crippen LogP contribution < -0.4 is 10.1 Å². The molecule has 1 amide bonds. The van der Waals surface area contributed by atoms with Crippen LogP contribution in [0.4, 0.5) is 5.13 Å². The molecule has 20 heavy (non-hydrogen) atoms. The Balaban J connectivity index is 2.17. The van der Waals surface area contributed by atoms with Gasteiger partial charge in [0, 0.05) is 11.8 Å². The van der Waals surface area contributed by atoms with Crippen LogP contribution in [0.3, 0.4) is 0 Å². The van der Waals surface area contributed by atoms with E-state index >= 15 is 0 Å². The number of nitrogens with zero attached hydrogens (tertiary/aromatic N) is 2. The van der Waals surface area contributed by atoms with Crippen molar-refractivity contribution in [3.8, 4) is 5.88 Å². The molecule has 0 aliphatic carbocycles. The summed E-state index contributed by atoms with van der Waals surface area (Å²) in [6.45, 7) is 1.32. The van der Waals surface area contributed by atoms with Gasteiger partial charge >= 0.3 is 0 Å². The molecule has 7 heteroatoms. The summed E-state index contributed by atoms with van der Waals surface area (Å²) in [4.78, 5) is 19.2. The van der Waals surface area contributed by atoms with E-state index in [4.69, 9.17) is 9.47 Å². The predicted molar refractivity (Wildman–Crippen MR) is 77.1 cm³/mol. The topological polar surface area (TPSA) is 73.3 Å². The van der Waals surface area contributed by atoms with Crippen LogP contribution in [0.25, 0.3) is 15.8 Å². The number of fused-ring (bicyclic) bond motifs is 1. The molecule has 1 aliphatic rings. The summed E-state index contributed by atoms with van der Waals surface area (Å²) >= 11 is 1.42. The lowest BCUT2D eigenvalue weighted by molar-refractivity contribution is -0.105. The van der Waals surface area contributed by atoms with Gasteiger partial charge < -0.3 is 14.8 Å². The first-order valence-electron chi connectivity index (χ1n) is 6.14. The third-order valence-corrected chi connectivity index (χ3v) is 4.09. The standard InChI is InChI=1S/C13H13N3O3S/c1-18-12-10-11(20-13(16-10)15-7-17)9(6-14-12)8-2-4-19-5-3-8/h2,6-7H,3-5H2,1H3,(H,15,16,17). The van der Waals surface area contributed by atoms with Crippen molar-refractivity contribution < 1.29 is 14.3 Å². The molecule has 3 rings (SSSR count). The monoisotopic (exact) mass is 291 g/mol. The van der Waals surface area contributed by atoms with Crippen LogP contribution in [0.5, 0.6) is 5.88 Å². The molecule has 0 spiro atoms. The summed E-state index contributed by atoms with van der Waals surface area (Å²) in [5, 5.41) is 3.12. The van der Waals surface area contributed by atoms with Gasteiger partial charge in [-0.15, -0.1) is 0 Å². The van der Waals surface area contributed by atoms with E-state index in [1.54, 1.807) is 13.3 Å². The molecule has 0 atom stereocenters. The fourth-order valence-electron chi connectivity index (χ4n) is 2.15. The second-order valence-electron chi connectivity index (χ2n) is 4.19. The normalized spacial score (nSPS) is 14.9. The lowest BCUT2D eigenvalue weighted by Crippen LogP contribution is -2.04. The fraction of sp³-hybridized carbons (Fsp3) is 0.308. The van der Waals surface area contributed by atoms with Crippen molar-refractivity contribution in [3.63, 3.8) is 0 Å². The van der Waals surface area contributed by atoms with E-state index < -0.39 is 0 Å². The molecule has 1 aliphatic heterocycles. The molecule has 6 nitrogen and oxygen atoms in total. The Kier molecular flexibility index (Phi) is 3.62. The van der Waals surface area contributed by atoms with Gasteiger partial charge in [-0.3, -0.25) is 4.79 Å². The minimum Gasteiger partial charge on any atom is -0.479 e. The lowest BCUT2D eigenvalue weighted by atomic mass is 10.0. The average Bonchev–Trinajstić information content (AvgIpc) is 2.91. The van der Waals surface area contributed by atoms with Gasteiger partial charge in [0.05, 0.1) is 25.0 Å². The van der Waals surface area contributed by atoms with Crippen molar-refractivity contribution in [1.82, 2.24) is 9.97 Å². The molecule has 1 N–H and O–H groups in total. The molecular formula is C13H13N3O3S. The quantitative estimate of drug-likeness (QED) is 0.873. The maximum Gasteiger partial charge on any atom is 0.241 e. The van der Waals surface area contributed by atoms with E-state index in [1.165, 1.54) is 16.9 Å². The first-order chi connectivity index (χ1) is 9.83. The number of carbonyl (C=O) groups excluding carboxylic acids is 1. The summed E-state index contributed by atoms with van der Waals surface area (Å²) in [7, 11) is 1.56. The number of methoxy groups -OCH3 is 1. The second-order valence-corrected chi connectivity index (χ2v) is 5.19. The van der Waals surface area contributed by atoms with E-state index in [9.17, 15) is 4.79 Å². The molecular weight excluding hydrogens is 278 g/mol. The zero-order chi connectivity index (χ0) is 13.9. The summed E-state index contributed by atoms with van der Waals surface area (Å²) in [5.74, 6) is 0.464. The molecule has 0 radical (unpaired) electrons. The molecule has 0 saturated carbocycles. The maximum atomic E-state index is 10.6. The van der Waals surface area contributed by atoms with E-state index in [0.29, 0.717) is 36.2 Å².